The number of fused-ring (bicyclic) bond motifs is 1. The summed E-state index contributed by atoms with van der Waals surface area (Å²) in [4.78, 5) is 17.7. The molecule has 0 spiro atoms. The van der Waals surface area contributed by atoms with Gasteiger partial charge in [-0.15, -0.1) is 0 Å². The molecule has 0 unspecified atom stereocenters. The van der Waals surface area contributed by atoms with Crippen molar-refractivity contribution in [2.75, 3.05) is 26.8 Å². The maximum absolute atomic E-state index is 12.4. The molecular formula is C19H26N2O3. The summed E-state index contributed by atoms with van der Waals surface area (Å²) in [6.07, 6.45) is 3.09. The average molecular weight is 330 g/mol. The molecule has 0 saturated carbocycles. The molecule has 2 heterocycles. The lowest BCUT2D eigenvalue weighted by molar-refractivity contribution is 0.0257. The molecule has 2 N–H and O–H groups in total. The number of piperidine rings is 1. The van der Waals surface area contributed by atoms with E-state index in [0.29, 0.717) is 6.54 Å². The fourth-order valence-electron chi connectivity index (χ4n) is 3.69. The van der Waals surface area contributed by atoms with Crippen LogP contribution >= 0.6 is 0 Å². The number of methoxy groups -OCH3 is 1. The fourth-order valence-corrected chi connectivity index (χ4v) is 3.69. The van der Waals surface area contributed by atoms with Crippen LogP contribution in [0.15, 0.2) is 29.1 Å². The Morgan fingerprint density at radius 3 is 2.92 bits per heavy atom. The second-order valence-electron chi connectivity index (χ2n) is 6.90. The smallest absolute Gasteiger partial charge is 0.252 e. The number of hydrogen-bond acceptors (Lipinski definition) is 4. The molecule has 1 aliphatic rings. The second-order valence-corrected chi connectivity index (χ2v) is 6.90. The lowest BCUT2D eigenvalue weighted by Crippen LogP contribution is -2.45. The summed E-state index contributed by atoms with van der Waals surface area (Å²) in [6, 6.07) is 7.68. The molecule has 1 aromatic heterocycles. The minimum absolute atomic E-state index is 0.0186. The van der Waals surface area contributed by atoms with Gasteiger partial charge < -0.3 is 14.8 Å². The number of aromatic nitrogens is 1. The van der Waals surface area contributed by atoms with Crippen LogP contribution in [0.1, 0.15) is 31.7 Å². The second kappa shape index (κ2) is 6.95. The van der Waals surface area contributed by atoms with E-state index in [0.717, 1.165) is 54.6 Å². The molecule has 5 heteroatoms. The van der Waals surface area contributed by atoms with Crippen LogP contribution in [0.4, 0.5) is 0 Å². The Hall–Kier alpha value is -1.85. The van der Waals surface area contributed by atoms with Gasteiger partial charge in [-0.2, -0.15) is 0 Å². The van der Waals surface area contributed by atoms with Gasteiger partial charge in [0.25, 0.3) is 5.56 Å². The number of aliphatic hydroxyl groups excluding tert-OH is 1. The summed E-state index contributed by atoms with van der Waals surface area (Å²) in [6.45, 7) is 4.80. The van der Waals surface area contributed by atoms with Gasteiger partial charge in [-0.1, -0.05) is 6.92 Å². The molecule has 1 aliphatic heterocycles. The third kappa shape index (κ3) is 3.32. The largest absolute Gasteiger partial charge is 0.497 e. The standard InChI is InChI=1S/C19H26N2O3/c1-3-19(13-22)7-4-8-21(12-19)11-15-9-14-5-6-16(24-2)10-17(14)20-18(15)23/h5-6,9-10,22H,3-4,7-8,11-13H2,1-2H3,(H,20,23)/t19-/m0/s1. The summed E-state index contributed by atoms with van der Waals surface area (Å²) in [7, 11) is 1.62. The Morgan fingerprint density at radius 1 is 1.38 bits per heavy atom. The van der Waals surface area contributed by atoms with Crippen molar-refractivity contribution in [3.8, 4) is 5.75 Å². The number of likely N-dealkylation sites (tertiary alicyclic amines) is 1. The topological polar surface area (TPSA) is 65.6 Å². The summed E-state index contributed by atoms with van der Waals surface area (Å²) >= 11 is 0. The Labute approximate surface area is 142 Å². The van der Waals surface area contributed by atoms with Gasteiger partial charge in [0, 0.05) is 36.7 Å². The van der Waals surface area contributed by atoms with Crippen molar-refractivity contribution in [2.45, 2.75) is 32.7 Å². The lowest BCUT2D eigenvalue weighted by Gasteiger charge is -2.41. The van der Waals surface area contributed by atoms with Gasteiger partial charge in [0.05, 0.1) is 12.6 Å². The first kappa shape index (κ1) is 17.0. The molecule has 0 aliphatic carbocycles. The van der Waals surface area contributed by atoms with Crippen LogP contribution < -0.4 is 10.3 Å². The highest BCUT2D eigenvalue weighted by Crippen LogP contribution is 2.33. The van der Waals surface area contributed by atoms with Gasteiger partial charge in [0.2, 0.25) is 0 Å². The molecule has 130 valence electrons. The Bertz CT molecular complexity index is 765. The fraction of sp³-hybridized carbons (Fsp3) is 0.526. The van der Waals surface area contributed by atoms with Crippen LogP contribution in [0.25, 0.3) is 10.9 Å². The zero-order valence-corrected chi connectivity index (χ0v) is 14.5. The maximum atomic E-state index is 12.4. The molecule has 0 bridgehead atoms. The predicted octanol–water partition coefficient (Wildman–Crippen LogP) is 2.52. The van der Waals surface area contributed by atoms with Gasteiger partial charge in [0.1, 0.15) is 5.75 Å². The van der Waals surface area contributed by atoms with Crippen LogP contribution in [0.2, 0.25) is 0 Å². The maximum Gasteiger partial charge on any atom is 0.252 e. The molecule has 24 heavy (non-hydrogen) atoms. The molecule has 2 aromatic rings. The minimum Gasteiger partial charge on any atom is -0.497 e. The summed E-state index contributed by atoms with van der Waals surface area (Å²) in [5.74, 6) is 0.734. The number of aromatic amines is 1. The first-order valence-corrected chi connectivity index (χ1v) is 8.62. The van der Waals surface area contributed by atoms with Gasteiger partial charge in [0.15, 0.2) is 0 Å². The quantitative estimate of drug-likeness (QED) is 0.884. The van der Waals surface area contributed by atoms with Crippen LogP contribution in [0.3, 0.4) is 0 Å². The summed E-state index contributed by atoms with van der Waals surface area (Å²) in [5.41, 5.74) is 1.50. The van der Waals surface area contributed by atoms with E-state index in [4.69, 9.17) is 4.74 Å². The predicted molar refractivity (Wildman–Crippen MR) is 95.4 cm³/mol. The molecule has 1 fully saturated rings. The van der Waals surface area contributed by atoms with Crippen LogP contribution in [-0.2, 0) is 6.54 Å². The van der Waals surface area contributed by atoms with Crippen molar-refractivity contribution in [2.24, 2.45) is 5.41 Å². The van der Waals surface area contributed by atoms with Crippen molar-refractivity contribution >= 4 is 10.9 Å². The number of hydrogen-bond donors (Lipinski definition) is 2. The SMILES string of the molecule is CC[C@]1(CO)CCCN(Cc2cc3ccc(OC)cc3[nH]c2=O)C1. The molecule has 3 rings (SSSR count). The molecule has 1 saturated heterocycles. The zero-order valence-electron chi connectivity index (χ0n) is 14.5. The number of pyridine rings is 1. The third-order valence-corrected chi connectivity index (χ3v) is 5.35. The van der Waals surface area contributed by atoms with E-state index >= 15 is 0 Å². The van der Waals surface area contributed by atoms with Gasteiger partial charge in [-0.3, -0.25) is 9.69 Å². The van der Waals surface area contributed by atoms with Crippen molar-refractivity contribution in [3.05, 3.63) is 40.2 Å². The molecule has 0 radical (unpaired) electrons. The third-order valence-electron chi connectivity index (χ3n) is 5.35. The molecule has 1 atom stereocenters. The van der Waals surface area contributed by atoms with Gasteiger partial charge in [-0.25, -0.2) is 0 Å². The highest BCUT2D eigenvalue weighted by atomic mass is 16.5. The van der Waals surface area contributed by atoms with E-state index in [1.54, 1.807) is 7.11 Å². The first-order valence-electron chi connectivity index (χ1n) is 8.62. The minimum atomic E-state index is -0.0487. The van der Waals surface area contributed by atoms with E-state index in [1.807, 2.05) is 24.3 Å². The number of rotatable bonds is 5. The van der Waals surface area contributed by atoms with Crippen LogP contribution in [0, 0.1) is 5.41 Å². The number of ether oxygens (including phenoxy) is 1. The summed E-state index contributed by atoms with van der Waals surface area (Å²) in [5, 5.41) is 10.8. The molecular weight excluding hydrogens is 304 g/mol. The van der Waals surface area contributed by atoms with Crippen molar-refractivity contribution in [3.63, 3.8) is 0 Å². The van der Waals surface area contributed by atoms with Crippen LogP contribution in [0.5, 0.6) is 5.75 Å². The number of nitrogens with one attached hydrogen (secondary N) is 1. The number of aliphatic hydroxyl groups is 1. The number of H-pyrrole nitrogens is 1. The number of nitrogens with zero attached hydrogens (tertiary/aromatic N) is 1. The average Bonchev–Trinajstić information content (AvgIpc) is 2.62. The first-order chi connectivity index (χ1) is 11.6. The van der Waals surface area contributed by atoms with Crippen molar-refractivity contribution < 1.29 is 9.84 Å². The molecule has 0 amide bonds. The Balaban J connectivity index is 1.84. The highest BCUT2D eigenvalue weighted by Gasteiger charge is 2.33. The monoisotopic (exact) mass is 330 g/mol. The molecule has 1 aromatic carbocycles. The van der Waals surface area contributed by atoms with Gasteiger partial charge in [-0.05, 0) is 49.4 Å². The van der Waals surface area contributed by atoms with Crippen LogP contribution in [-0.4, -0.2) is 41.8 Å². The van der Waals surface area contributed by atoms with E-state index in [9.17, 15) is 9.90 Å². The highest BCUT2D eigenvalue weighted by molar-refractivity contribution is 5.80. The Morgan fingerprint density at radius 2 is 2.21 bits per heavy atom. The Kier molecular flexibility index (Phi) is 4.92. The van der Waals surface area contributed by atoms with E-state index in [2.05, 4.69) is 16.8 Å². The zero-order chi connectivity index (χ0) is 17.2. The number of benzene rings is 1. The normalized spacial score (nSPS) is 22.0. The van der Waals surface area contributed by atoms with Crippen molar-refractivity contribution in [1.82, 2.24) is 9.88 Å². The van der Waals surface area contributed by atoms with Gasteiger partial charge >= 0.3 is 0 Å². The lowest BCUT2D eigenvalue weighted by atomic mass is 9.78. The van der Waals surface area contributed by atoms with E-state index in [1.165, 1.54) is 0 Å². The van der Waals surface area contributed by atoms with E-state index < -0.39 is 0 Å². The molecule has 5 nitrogen and oxygen atoms in total. The van der Waals surface area contributed by atoms with Crippen molar-refractivity contribution in [1.29, 1.82) is 0 Å². The van der Waals surface area contributed by atoms with E-state index in [-0.39, 0.29) is 17.6 Å². The summed E-state index contributed by atoms with van der Waals surface area (Å²) < 4.78 is 5.21.